The summed E-state index contributed by atoms with van der Waals surface area (Å²) < 4.78 is 18.4. The second-order valence-electron chi connectivity index (χ2n) is 5.68. The lowest BCUT2D eigenvalue weighted by atomic mass is 10.1. The Balaban J connectivity index is 2.38. The summed E-state index contributed by atoms with van der Waals surface area (Å²) in [5, 5.41) is 9.23. The molecule has 20 heavy (non-hydrogen) atoms. The van der Waals surface area contributed by atoms with E-state index in [9.17, 15) is 19.1 Å². The van der Waals surface area contributed by atoms with Gasteiger partial charge in [-0.25, -0.2) is 14.0 Å². The third-order valence-electron chi connectivity index (χ3n) is 2.90. The van der Waals surface area contributed by atoms with Gasteiger partial charge in [0.25, 0.3) is 0 Å². The fourth-order valence-electron chi connectivity index (χ4n) is 2.15. The Bertz CT molecular complexity index is 565. The molecule has 6 heteroatoms. The van der Waals surface area contributed by atoms with E-state index in [0.29, 0.717) is 11.3 Å². The topological polar surface area (TPSA) is 66.8 Å². The van der Waals surface area contributed by atoms with Crippen molar-refractivity contribution in [3.05, 3.63) is 29.6 Å². The monoisotopic (exact) mass is 281 g/mol. The van der Waals surface area contributed by atoms with E-state index < -0.39 is 29.5 Å². The summed E-state index contributed by atoms with van der Waals surface area (Å²) >= 11 is 0. The maximum absolute atomic E-state index is 13.2. The number of hydrogen-bond acceptors (Lipinski definition) is 3. The van der Waals surface area contributed by atoms with Gasteiger partial charge in [0.2, 0.25) is 0 Å². The maximum atomic E-state index is 13.2. The molecule has 1 N–H and O–H groups in total. The van der Waals surface area contributed by atoms with Gasteiger partial charge in [0, 0.05) is 6.42 Å². The van der Waals surface area contributed by atoms with Crippen LogP contribution in [0.1, 0.15) is 26.3 Å². The molecule has 1 amide bonds. The SMILES string of the molecule is CC(C)(C)OC(=O)N1c2ccc(F)cc2C[C@H]1C(=O)O. The van der Waals surface area contributed by atoms with Crippen LogP contribution in [0.3, 0.4) is 0 Å². The molecule has 1 aliphatic rings. The van der Waals surface area contributed by atoms with Crippen LogP contribution in [0.2, 0.25) is 0 Å². The van der Waals surface area contributed by atoms with Crippen molar-refractivity contribution in [1.82, 2.24) is 0 Å². The number of fused-ring (bicyclic) bond motifs is 1. The van der Waals surface area contributed by atoms with E-state index in [2.05, 4.69) is 0 Å². The Labute approximate surface area is 116 Å². The molecule has 1 heterocycles. The van der Waals surface area contributed by atoms with Crippen LogP contribution >= 0.6 is 0 Å². The van der Waals surface area contributed by atoms with E-state index in [4.69, 9.17) is 4.74 Å². The van der Waals surface area contributed by atoms with Crippen molar-refractivity contribution in [3.63, 3.8) is 0 Å². The minimum Gasteiger partial charge on any atom is -0.480 e. The first kappa shape index (κ1) is 14.3. The lowest BCUT2D eigenvalue weighted by Crippen LogP contribution is -2.45. The highest BCUT2D eigenvalue weighted by Gasteiger charge is 2.40. The molecule has 0 fully saturated rings. The van der Waals surface area contributed by atoms with Crippen LogP contribution in [0.25, 0.3) is 0 Å². The number of anilines is 1. The minimum atomic E-state index is -1.15. The average Bonchev–Trinajstić information content (AvgIpc) is 2.64. The first-order chi connectivity index (χ1) is 9.19. The molecule has 0 unspecified atom stereocenters. The second kappa shape index (κ2) is 4.77. The highest BCUT2D eigenvalue weighted by Crippen LogP contribution is 2.34. The maximum Gasteiger partial charge on any atom is 0.415 e. The zero-order valence-corrected chi connectivity index (χ0v) is 11.5. The molecule has 5 nitrogen and oxygen atoms in total. The summed E-state index contributed by atoms with van der Waals surface area (Å²) in [4.78, 5) is 24.5. The Hall–Kier alpha value is -2.11. The van der Waals surface area contributed by atoms with E-state index in [-0.39, 0.29) is 6.42 Å². The summed E-state index contributed by atoms with van der Waals surface area (Å²) in [6, 6.07) is 2.77. The van der Waals surface area contributed by atoms with E-state index >= 15 is 0 Å². The number of rotatable bonds is 1. The van der Waals surface area contributed by atoms with Gasteiger partial charge in [-0.15, -0.1) is 0 Å². The number of carbonyl (C=O) groups excluding carboxylic acids is 1. The van der Waals surface area contributed by atoms with Gasteiger partial charge < -0.3 is 9.84 Å². The predicted octanol–water partition coefficient (Wildman–Crippen LogP) is 2.58. The largest absolute Gasteiger partial charge is 0.480 e. The number of carbonyl (C=O) groups is 2. The number of hydrogen-bond donors (Lipinski definition) is 1. The molecule has 0 aliphatic carbocycles. The van der Waals surface area contributed by atoms with E-state index in [1.54, 1.807) is 20.8 Å². The van der Waals surface area contributed by atoms with Crippen LogP contribution in [0.15, 0.2) is 18.2 Å². The standard InChI is InChI=1S/C14H16FNO4/c1-14(2,3)20-13(19)16-10-5-4-9(15)6-8(10)7-11(16)12(17)18/h4-6,11H,7H2,1-3H3,(H,17,18)/t11-/m0/s1. The average molecular weight is 281 g/mol. The lowest BCUT2D eigenvalue weighted by molar-refractivity contribution is -0.138. The first-order valence-corrected chi connectivity index (χ1v) is 6.22. The molecule has 0 radical (unpaired) electrons. The number of carboxylic acid groups (broad SMARTS) is 1. The summed E-state index contributed by atoms with van der Waals surface area (Å²) in [6.45, 7) is 5.09. The van der Waals surface area contributed by atoms with Gasteiger partial charge in [0.15, 0.2) is 0 Å². The van der Waals surface area contributed by atoms with Gasteiger partial charge in [-0.2, -0.15) is 0 Å². The van der Waals surface area contributed by atoms with Crippen molar-refractivity contribution < 1.29 is 23.8 Å². The smallest absolute Gasteiger partial charge is 0.415 e. The van der Waals surface area contributed by atoms with Crippen LogP contribution in [0.4, 0.5) is 14.9 Å². The second-order valence-corrected chi connectivity index (χ2v) is 5.68. The number of carboxylic acids is 1. The Morgan fingerprint density at radius 2 is 2.05 bits per heavy atom. The van der Waals surface area contributed by atoms with Gasteiger partial charge in [0.1, 0.15) is 17.5 Å². The van der Waals surface area contributed by atoms with Crippen molar-refractivity contribution >= 4 is 17.7 Å². The van der Waals surface area contributed by atoms with Crippen molar-refractivity contribution in [2.24, 2.45) is 0 Å². The molecule has 0 saturated carbocycles. The highest BCUT2D eigenvalue weighted by molar-refractivity contribution is 5.98. The molecule has 1 aromatic carbocycles. The first-order valence-electron chi connectivity index (χ1n) is 6.22. The number of amides is 1. The summed E-state index contributed by atoms with van der Waals surface area (Å²) in [6.07, 6.45) is -0.669. The molecule has 1 aromatic rings. The molecule has 0 spiro atoms. The Morgan fingerprint density at radius 3 is 2.60 bits per heavy atom. The van der Waals surface area contributed by atoms with Crippen molar-refractivity contribution in [3.8, 4) is 0 Å². The van der Waals surface area contributed by atoms with Crippen molar-refractivity contribution in [1.29, 1.82) is 0 Å². The molecule has 0 aromatic heterocycles. The molecular weight excluding hydrogens is 265 g/mol. The van der Waals surface area contributed by atoms with Crippen LogP contribution in [-0.4, -0.2) is 28.8 Å². The van der Waals surface area contributed by atoms with Crippen LogP contribution in [-0.2, 0) is 16.0 Å². The van der Waals surface area contributed by atoms with Crippen molar-refractivity contribution in [2.45, 2.75) is 38.8 Å². The molecule has 2 rings (SSSR count). The van der Waals surface area contributed by atoms with E-state index in [1.807, 2.05) is 0 Å². The Morgan fingerprint density at radius 1 is 1.40 bits per heavy atom. The van der Waals surface area contributed by atoms with E-state index in [1.165, 1.54) is 18.2 Å². The van der Waals surface area contributed by atoms with E-state index in [0.717, 1.165) is 4.90 Å². The molecule has 1 atom stereocenters. The zero-order chi connectivity index (χ0) is 15.1. The number of ether oxygens (including phenoxy) is 1. The van der Waals surface area contributed by atoms with Gasteiger partial charge in [0.05, 0.1) is 5.69 Å². The molecular formula is C14H16FNO4. The quantitative estimate of drug-likeness (QED) is 0.859. The number of benzene rings is 1. The van der Waals surface area contributed by atoms with Gasteiger partial charge in [-0.1, -0.05) is 0 Å². The fourth-order valence-corrected chi connectivity index (χ4v) is 2.15. The zero-order valence-electron chi connectivity index (χ0n) is 11.5. The Kier molecular flexibility index (Phi) is 3.41. The number of halogens is 1. The number of aliphatic carboxylic acids is 1. The van der Waals surface area contributed by atoms with Crippen molar-refractivity contribution in [2.75, 3.05) is 4.90 Å². The van der Waals surface area contributed by atoms with Gasteiger partial charge in [-0.05, 0) is 44.5 Å². The lowest BCUT2D eigenvalue weighted by Gasteiger charge is -2.27. The van der Waals surface area contributed by atoms with Gasteiger partial charge in [-0.3, -0.25) is 4.90 Å². The van der Waals surface area contributed by atoms with Crippen LogP contribution in [0, 0.1) is 5.82 Å². The third-order valence-corrected chi connectivity index (χ3v) is 2.90. The van der Waals surface area contributed by atoms with Gasteiger partial charge >= 0.3 is 12.1 Å². The predicted molar refractivity (Wildman–Crippen MR) is 70.2 cm³/mol. The normalized spacial score (nSPS) is 17.8. The highest BCUT2D eigenvalue weighted by atomic mass is 19.1. The molecule has 0 bridgehead atoms. The summed E-state index contributed by atoms with van der Waals surface area (Å²) in [5.41, 5.74) is 0.138. The van der Waals surface area contributed by atoms with Crippen LogP contribution in [0.5, 0.6) is 0 Å². The summed E-state index contributed by atoms with van der Waals surface area (Å²) in [5.74, 6) is -1.61. The number of nitrogens with zero attached hydrogens (tertiary/aromatic N) is 1. The molecule has 1 aliphatic heterocycles. The van der Waals surface area contributed by atoms with Crippen LogP contribution < -0.4 is 4.90 Å². The minimum absolute atomic E-state index is 0.0711. The third kappa shape index (κ3) is 2.74. The summed E-state index contributed by atoms with van der Waals surface area (Å²) in [7, 11) is 0. The molecule has 0 saturated heterocycles. The molecule has 108 valence electrons. The fraction of sp³-hybridized carbons (Fsp3) is 0.429.